The van der Waals surface area contributed by atoms with E-state index >= 15 is 0 Å². The smallest absolute Gasteiger partial charge is 0.369 e. The van der Waals surface area contributed by atoms with Crippen molar-refractivity contribution in [2.45, 2.75) is 31.9 Å². The minimum absolute atomic E-state index is 0.0181. The number of aryl methyl sites for hydroxylation is 1. The van der Waals surface area contributed by atoms with Crippen LogP contribution in [0.3, 0.4) is 0 Å². The van der Waals surface area contributed by atoms with E-state index in [-0.39, 0.29) is 74.0 Å². The number of halogens is 6. The van der Waals surface area contributed by atoms with Crippen molar-refractivity contribution >= 4 is 17.5 Å². The minimum Gasteiger partial charge on any atom is -0.369 e. The highest BCUT2D eigenvalue weighted by Gasteiger charge is 2.41. The number of amides is 1. The number of carbonyl (C=O) groups is 1. The van der Waals surface area contributed by atoms with Crippen molar-refractivity contribution in [3.63, 3.8) is 0 Å². The Morgan fingerprint density at radius 2 is 1.67 bits per heavy atom. The normalized spacial score (nSPS) is 15.5. The average molecular weight is 709 g/mol. The van der Waals surface area contributed by atoms with Gasteiger partial charge in [-0.3, -0.25) is 19.5 Å². The van der Waals surface area contributed by atoms with E-state index in [1.54, 1.807) is 46.8 Å². The Morgan fingerprint density at radius 1 is 0.922 bits per heavy atom. The van der Waals surface area contributed by atoms with Gasteiger partial charge in [-0.15, -0.1) is 10.2 Å². The highest BCUT2D eigenvalue weighted by molar-refractivity contribution is 6.10. The summed E-state index contributed by atoms with van der Waals surface area (Å²) < 4.78 is 83.8. The standard InChI is InChI=1S/C34H30F6N10O/c1-47-20-44-46-31(47)24-4-3-21(16-42)11-25(24)23-14-29(43-6-2-5-41)45-30(15-23)50-18-27-26(32(50)51)12-22(13-28(27)34(38,39)40)17-48-7-9-49(10-8-48)19-33(35,36)37/h3-4,11-15,20H,2,6-10,17-19H2,1H3,(H,43,45). The van der Waals surface area contributed by atoms with Crippen LogP contribution < -0.4 is 10.2 Å². The van der Waals surface area contributed by atoms with Crippen molar-refractivity contribution in [1.29, 1.82) is 10.5 Å². The van der Waals surface area contributed by atoms with Crippen LogP contribution in [0.5, 0.6) is 0 Å². The number of hydrogen-bond acceptors (Lipinski definition) is 9. The van der Waals surface area contributed by atoms with Crippen molar-refractivity contribution in [2.75, 3.05) is 49.5 Å². The molecule has 0 radical (unpaired) electrons. The second-order valence-electron chi connectivity index (χ2n) is 12.3. The van der Waals surface area contributed by atoms with Crippen molar-refractivity contribution in [2.24, 2.45) is 7.05 Å². The summed E-state index contributed by atoms with van der Waals surface area (Å²) in [5, 5.41) is 29.9. The molecular weight excluding hydrogens is 678 g/mol. The highest BCUT2D eigenvalue weighted by Crippen LogP contribution is 2.41. The van der Waals surface area contributed by atoms with Crippen LogP contribution in [0.4, 0.5) is 38.0 Å². The third kappa shape index (κ3) is 7.79. The van der Waals surface area contributed by atoms with Gasteiger partial charge in [0.2, 0.25) is 0 Å². The fourth-order valence-electron chi connectivity index (χ4n) is 6.34. The monoisotopic (exact) mass is 708 g/mol. The predicted octanol–water partition coefficient (Wildman–Crippen LogP) is 5.60. The predicted molar refractivity (Wildman–Crippen MR) is 173 cm³/mol. The number of hydrogen-bond donors (Lipinski definition) is 1. The first-order valence-electron chi connectivity index (χ1n) is 15.8. The van der Waals surface area contributed by atoms with Crippen LogP contribution >= 0.6 is 0 Å². The molecule has 0 spiro atoms. The summed E-state index contributed by atoms with van der Waals surface area (Å²) in [6, 6.07) is 14.7. The zero-order valence-electron chi connectivity index (χ0n) is 27.2. The molecule has 17 heteroatoms. The van der Waals surface area contributed by atoms with Gasteiger partial charge in [0.15, 0.2) is 5.82 Å². The minimum atomic E-state index is -4.80. The molecule has 4 heterocycles. The van der Waals surface area contributed by atoms with Crippen LogP contribution in [0.25, 0.3) is 22.5 Å². The van der Waals surface area contributed by atoms with Crippen LogP contribution in [-0.4, -0.2) is 80.9 Å². The van der Waals surface area contributed by atoms with Gasteiger partial charge in [0.05, 0.1) is 42.8 Å². The first-order valence-corrected chi connectivity index (χ1v) is 15.8. The number of anilines is 2. The molecule has 2 aromatic carbocycles. The lowest BCUT2D eigenvalue weighted by Crippen LogP contribution is -2.48. The molecule has 2 aliphatic heterocycles. The van der Waals surface area contributed by atoms with Gasteiger partial charge in [-0.25, -0.2) is 4.98 Å². The number of fused-ring (bicyclic) bond motifs is 1. The summed E-state index contributed by atoms with van der Waals surface area (Å²) in [5.74, 6) is 0.0453. The number of aromatic nitrogens is 4. The fourth-order valence-corrected chi connectivity index (χ4v) is 6.34. The van der Waals surface area contributed by atoms with E-state index in [9.17, 15) is 36.4 Å². The Labute approximate surface area is 288 Å². The van der Waals surface area contributed by atoms with Gasteiger partial charge in [-0.2, -0.15) is 36.9 Å². The molecule has 2 aliphatic rings. The third-order valence-electron chi connectivity index (χ3n) is 8.72. The van der Waals surface area contributed by atoms with Crippen LogP contribution in [-0.2, 0) is 26.3 Å². The molecule has 51 heavy (non-hydrogen) atoms. The Morgan fingerprint density at radius 3 is 2.31 bits per heavy atom. The topological polar surface area (TPSA) is 130 Å². The lowest BCUT2D eigenvalue weighted by molar-refractivity contribution is -0.149. The van der Waals surface area contributed by atoms with E-state index in [0.717, 1.165) is 11.0 Å². The maximum absolute atomic E-state index is 14.5. The molecule has 1 amide bonds. The summed E-state index contributed by atoms with van der Waals surface area (Å²) in [5.41, 5.74) is 0.779. The number of nitrogens with one attached hydrogen (secondary N) is 1. The van der Waals surface area contributed by atoms with Crippen LogP contribution in [0.15, 0.2) is 48.8 Å². The Hall–Kier alpha value is -5.52. The summed E-state index contributed by atoms with van der Waals surface area (Å²) in [6.07, 6.45) is -7.52. The number of nitrogens with zero attached hydrogens (tertiary/aromatic N) is 9. The quantitative estimate of drug-likeness (QED) is 0.175. The molecule has 0 bridgehead atoms. The van der Waals surface area contributed by atoms with Gasteiger partial charge in [0.25, 0.3) is 5.91 Å². The number of carbonyl (C=O) groups excluding carboxylic acids is 1. The van der Waals surface area contributed by atoms with Crippen LogP contribution in [0, 0.1) is 22.7 Å². The number of piperazine rings is 1. The summed E-state index contributed by atoms with van der Waals surface area (Å²) >= 11 is 0. The molecule has 264 valence electrons. The Balaban J connectivity index is 1.36. The van der Waals surface area contributed by atoms with E-state index in [1.807, 2.05) is 6.07 Å². The lowest BCUT2D eigenvalue weighted by atomic mass is 9.97. The van der Waals surface area contributed by atoms with Crippen molar-refractivity contribution in [1.82, 2.24) is 29.5 Å². The summed E-state index contributed by atoms with van der Waals surface area (Å²) in [6.45, 7) is -0.630. The molecule has 1 N–H and O–H groups in total. The molecule has 0 aliphatic carbocycles. The number of rotatable bonds is 9. The second kappa shape index (κ2) is 14.0. The van der Waals surface area contributed by atoms with E-state index < -0.39 is 36.9 Å². The first kappa shape index (κ1) is 35.3. The Bertz CT molecular complexity index is 2040. The maximum Gasteiger partial charge on any atom is 0.416 e. The fraction of sp³-hybridized carbons (Fsp3) is 0.353. The molecule has 11 nitrogen and oxygen atoms in total. The van der Waals surface area contributed by atoms with E-state index in [1.165, 1.54) is 17.3 Å². The molecule has 6 rings (SSSR count). The van der Waals surface area contributed by atoms with Crippen LogP contribution in [0.1, 0.15) is 39.0 Å². The summed E-state index contributed by atoms with van der Waals surface area (Å²) in [7, 11) is 1.74. The first-order chi connectivity index (χ1) is 24.2. The second-order valence-corrected chi connectivity index (χ2v) is 12.3. The van der Waals surface area contributed by atoms with Gasteiger partial charge in [-0.05, 0) is 64.7 Å². The lowest BCUT2D eigenvalue weighted by Gasteiger charge is -2.35. The van der Waals surface area contributed by atoms with Gasteiger partial charge in [0.1, 0.15) is 18.0 Å². The van der Waals surface area contributed by atoms with Gasteiger partial charge in [0, 0.05) is 57.4 Å². The van der Waals surface area contributed by atoms with E-state index in [0.29, 0.717) is 28.1 Å². The van der Waals surface area contributed by atoms with E-state index in [2.05, 4.69) is 26.6 Å². The molecule has 0 atom stereocenters. The third-order valence-corrected chi connectivity index (χ3v) is 8.72. The van der Waals surface area contributed by atoms with Gasteiger partial charge >= 0.3 is 12.4 Å². The molecule has 0 saturated carbocycles. The zero-order chi connectivity index (χ0) is 36.5. The molecule has 2 aromatic heterocycles. The summed E-state index contributed by atoms with van der Waals surface area (Å²) in [4.78, 5) is 22.7. The number of benzene rings is 2. The van der Waals surface area contributed by atoms with E-state index in [4.69, 9.17) is 5.26 Å². The van der Waals surface area contributed by atoms with Gasteiger partial charge < -0.3 is 9.88 Å². The SMILES string of the molecule is Cn1cnnc1-c1ccc(C#N)cc1-c1cc(NCCC#N)nc(N2Cc3c(cc(CN4CCN(CC(F)(F)F)CC4)cc3C(F)(F)F)C2=O)c1. The molecule has 1 saturated heterocycles. The largest absolute Gasteiger partial charge is 0.416 e. The molecule has 4 aromatic rings. The molecular formula is C34H30F6N10O. The zero-order valence-corrected chi connectivity index (χ0v) is 27.2. The number of nitriles is 2. The number of pyridine rings is 1. The van der Waals surface area contributed by atoms with Crippen molar-refractivity contribution < 1.29 is 31.1 Å². The van der Waals surface area contributed by atoms with Crippen molar-refractivity contribution in [3.8, 4) is 34.7 Å². The van der Waals surface area contributed by atoms with Crippen molar-refractivity contribution in [3.05, 3.63) is 76.6 Å². The maximum atomic E-state index is 14.5. The highest BCUT2D eigenvalue weighted by atomic mass is 19.4. The Kier molecular flexibility index (Phi) is 9.70. The number of alkyl halides is 6. The van der Waals surface area contributed by atoms with Crippen LogP contribution in [0.2, 0.25) is 0 Å². The molecule has 1 fully saturated rings. The molecule has 0 unspecified atom stereocenters. The van der Waals surface area contributed by atoms with Gasteiger partial charge in [-0.1, -0.05) is 0 Å². The average Bonchev–Trinajstić information content (AvgIpc) is 3.66.